The highest BCUT2D eigenvalue weighted by Crippen LogP contribution is 2.25. The number of aliphatic carboxylic acids is 2. The normalized spacial score (nSPS) is 16.7. The molecule has 0 bridgehead atoms. The summed E-state index contributed by atoms with van der Waals surface area (Å²) in [5.74, 6) is -18.3. The largest absolute Gasteiger partial charge is 0.481 e. The second kappa shape index (κ2) is 44.5. The van der Waals surface area contributed by atoms with E-state index in [1.165, 1.54) is 23.6 Å². The molecule has 2 saturated heterocycles. The molecule has 0 radical (unpaired) electrons. The van der Waals surface area contributed by atoms with Crippen LogP contribution < -0.4 is 92.5 Å². The Kier molecular flexibility index (Phi) is 37.4. The molecule has 1 aromatic rings. The molecule has 106 heavy (non-hydrogen) atoms. The van der Waals surface area contributed by atoms with E-state index in [-0.39, 0.29) is 76.5 Å². The minimum absolute atomic E-state index is 0.0364. The first-order valence-corrected chi connectivity index (χ1v) is 34.4. The molecule has 2 fully saturated rings. The first-order chi connectivity index (χ1) is 49.8. The van der Waals surface area contributed by atoms with Gasteiger partial charge in [0.2, 0.25) is 94.5 Å². The number of guanidine groups is 1. The van der Waals surface area contributed by atoms with Crippen LogP contribution in [0.4, 0.5) is 0 Å². The maximum Gasteiger partial charge on any atom is 0.328 e. The quantitative estimate of drug-likeness (QED) is 0.0164. The summed E-state index contributed by atoms with van der Waals surface area (Å²) in [4.78, 5) is 243. The summed E-state index contributed by atoms with van der Waals surface area (Å²) in [6, 6.07) is -8.67. The maximum atomic E-state index is 14.2. The van der Waals surface area contributed by atoms with Crippen LogP contribution in [0.1, 0.15) is 124 Å². The summed E-state index contributed by atoms with van der Waals surface area (Å²) in [5, 5.41) is 56.2. The predicted octanol–water partition coefficient (Wildman–Crippen LogP) is -8.87. The molecule has 41 nitrogen and oxygen atoms in total. The van der Waals surface area contributed by atoms with Crippen LogP contribution in [0.3, 0.4) is 0 Å². The average molecular weight is 1500 g/mol. The van der Waals surface area contributed by atoms with Crippen molar-refractivity contribution in [3.05, 3.63) is 35.9 Å². The number of hydrogen-bond acceptors (Lipinski definition) is 21. The van der Waals surface area contributed by atoms with E-state index >= 15 is 0 Å². The Hall–Kier alpha value is -11.1. The van der Waals surface area contributed by atoms with Gasteiger partial charge in [-0.15, -0.1) is 0 Å². The Morgan fingerprint density at radius 3 is 1.59 bits per heavy atom. The molecule has 588 valence electrons. The lowest BCUT2D eigenvalue weighted by Gasteiger charge is -2.31. The Balaban J connectivity index is 1.70. The Morgan fingerprint density at radius 2 is 1.04 bits per heavy atom. The van der Waals surface area contributed by atoms with Gasteiger partial charge in [-0.2, -0.15) is 0 Å². The van der Waals surface area contributed by atoms with Crippen LogP contribution in [-0.2, 0) is 92.7 Å². The molecule has 1 aromatic carbocycles. The highest BCUT2D eigenvalue weighted by molar-refractivity contribution is 6.00. The van der Waals surface area contributed by atoms with Gasteiger partial charge in [0.25, 0.3) is 0 Å². The van der Waals surface area contributed by atoms with Gasteiger partial charge in [-0.25, -0.2) is 4.79 Å². The number of rotatable bonds is 45. The SMILES string of the molecule is CC(C)C[C@H](NC(=O)CNC(=O)[C@H](CCCN=C(N)N)NC(=O)CNC(=O)[C@H](CC(N)=O)NC(=O)[C@H](Cc1ccccc1)NC(=O)[C@H](C)NC(=O)[C@H](CCC(N)=O)NC(=O)[C@@H](NC(=O)[C@@H](N)CCC(=O)O)C(C)C)C(=O)NCC(=O)N1CCC[C@H]1C(=O)N1CCC[C@H]1C(=O)N[C@@H](C)C(=O)N[C@@H](CO)C(=O)O. The molecule has 16 amide bonds. The monoisotopic (exact) mass is 1500 g/mol. The van der Waals surface area contributed by atoms with Crippen molar-refractivity contribution in [2.45, 2.75) is 198 Å². The summed E-state index contributed by atoms with van der Waals surface area (Å²) in [6.45, 7) is 6.13. The van der Waals surface area contributed by atoms with Crippen LogP contribution in [0.2, 0.25) is 0 Å². The van der Waals surface area contributed by atoms with Crippen LogP contribution in [0.5, 0.6) is 0 Å². The number of nitrogens with zero attached hydrogens (tertiary/aromatic N) is 3. The third kappa shape index (κ3) is 31.1. The molecule has 41 heteroatoms. The van der Waals surface area contributed by atoms with E-state index in [1.54, 1.807) is 58.0 Å². The molecule has 25 N–H and O–H groups in total. The minimum Gasteiger partial charge on any atom is -0.481 e. The van der Waals surface area contributed by atoms with Crippen molar-refractivity contribution < 1.29 is 102 Å². The molecule has 0 unspecified atom stereocenters. The van der Waals surface area contributed by atoms with Crippen molar-refractivity contribution in [3.63, 3.8) is 0 Å². The maximum absolute atomic E-state index is 14.2. The molecule has 12 atom stereocenters. The Bertz CT molecular complexity index is 3360. The third-order valence-electron chi connectivity index (χ3n) is 16.7. The average Bonchev–Trinajstić information content (AvgIpc) is 1.65. The van der Waals surface area contributed by atoms with Gasteiger partial charge in [0.05, 0.1) is 38.7 Å². The zero-order valence-electron chi connectivity index (χ0n) is 60.0. The second-order valence-corrected chi connectivity index (χ2v) is 26.3. The number of aliphatic imine (C=N–C) groups is 1. The third-order valence-corrected chi connectivity index (χ3v) is 16.7. The standard InChI is InChI=1S/C65H102N20O21/c1-32(2)25-40(57(98)74-30-50(91)84-23-12-17-45(84)63(104)85-24-11-16-44(85)61(102)76-35(6)54(95)82-43(31-86)64(105)106)78-49(90)29-72-56(97)38(15-10-22-71-65(69)70)77-48(89)28-73-58(99)42(27-47(68)88)81-60(101)41(26-36-13-8-7-9-14-36)80-53(94)34(5)75-59(100)39(19-20-46(67)87)79-62(103)52(33(3)4)83-55(96)37(66)18-21-51(92)93/h7-9,13-14,32-35,37-45,52,86H,10-12,15-31,66H2,1-6H3,(H2,67,87)(H2,68,88)(H,72,97)(H,73,99)(H,74,98)(H,75,100)(H,76,102)(H,77,89)(H,78,90)(H,79,103)(H,80,94)(H,81,101)(H,82,95)(H,83,96)(H,92,93)(H,105,106)(H4,69,70,71)/t34-,35-,37-,38-,39-,40-,41-,42-,43-,44-,45-,52-/m0/s1. The topological polar surface area (TPSA) is 661 Å². The van der Waals surface area contributed by atoms with Crippen molar-refractivity contribution in [2.75, 3.05) is 45.9 Å². The second-order valence-electron chi connectivity index (χ2n) is 26.3. The van der Waals surface area contributed by atoms with Crippen molar-refractivity contribution in [2.24, 2.45) is 45.5 Å². The summed E-state index contributed by atoms with van der Waals surface area (Å²) in [6.07, 6.45) is -1.50. The van der Waals surface area contributed by atoms with Crippen molar-refractivity contribution in [1.29, 1.82) is 0 Å². The molecule has 2 aliphatic heterocycles. The zero-order valence-corrected chi connectivity index (χ0v) is 60.0. The number of aliphatic hydroxyl groups is 1. The van der Waals surface area contributed by atoms with Crippen LogP contribution >= 0.6 is 0 Å². The lowest BCUT2D eigenvalue weighted by atomic mass is 10.0. The number of primary amides is 2. The van der Waals surface area contributed by atoms with E-state index in [9.17, 15) is 96.5 Å². The number of nitrogens with two attached hydrogens (primary N) is 5. The first kappa shape index (κ1) is 89.1. The number of amides is 16. The zero-order chi connectivity index (χ0) is 79.7. The van der Waals surface area contributed by atoms with Crippen LogP contribution in [-0.4, -0.2) is 256 Å². The lowest BCUT2D eigenvalue weighted by Crippen LogP contribution is -2.60. The van der Waals surface area contributed by atoms with Gasteiger partial charge in [0, 0.05) is 38.9 Å². The summed E-state index contributed by atoms with van der Waals surface area (Å²) >= 11 is 0. The van der Waals surface area contributed by atoms with Gasteiger partial charge in [0.1, 0.15) is 66.5 Å². The molecule has 0 saturated carbocycles. The summed E-state index contributed by atoms with van der Waals surface area (Å²) in [5.41, 5.74) is 28.1. The number of carbonyl (C=O) groups excluding carboxylic acids is 16. The lowest BCUT2D eigenvalue weighted by molar-refractivity contribution is -0.147. The molecule has 3 rings (SSSR count). The van der Waals surface area contributed by atoms with E-state index in [0.717, 1.165) is 0 Å². The summed E-state index contributed by atoms with van der Waals surface area (Å²) in [7, 11) is 0. The van der Waals surface area contributed by atoms with Gasteiger partial charge < -0.3 is 118 Å². The van der Waals surface area contributed by atoms with Gasteiger partial charge in [-0.1, -0.05) is 58.0 Å². The van der Waals surface area contributed by atoms with E-state index in [1.807, 2.05) is 0 Å². The van der Waals surface area contributed by atoms with Gasteiger partial charge in [0.15, 0.2) is 5.96 Å². The minimum atomic E-state index is -1.82. The van der Waals surface area contributed by atoms with Gasteiger partial charge >= 0.3 is 11.9 Å². The van der Waals surface area contributed by atoms with E-state index in [0.29, 0.717) is 18.4 Å². The molecule has 2 heterocycles. The molecule has 0 aromatic heterocycles. The van der Waals surface area contributed by atoms with Crippen molar-refractivity contribution in [1.82, 2.24) is 73.6 Å². The summed E-state index contributed by atoms with van der Waals surface area (Å²) < 4.78 is 0. The number of hydrogen-bond donors (Lipinski definition) is 20. The Labute approximate surface area is 610 Å². The van der Waals surface area contributed by atoms with E-state index in [2.05, 4.69) is 68.8 Å². The number of carboxylic acid groups (broad SMARTS) is 2. The van der Waals surface area contributed by atoms with Crippen molar-refractivity contribution >= 4 is 112 Å². The van der Waals surface area contributed by atoms with Crippen LogP contribution in [0.25, 0.3) is 0 Å². The van der Waals surface area contributed by atoms with Gasteiger partial charge in [-0.3, -0.25) is 86.5 Å². The number of benzene rings is 1. The Morgan fingerprint density at radius 1 is 0.519 bits per heavy atom. The fourth-order valence-electron chi connectivity index (χ4n) is 11.0. The molecule has 2 aliphatic rings. The van der Waals surface area contributed by atoms with E-state index in [4.69, 9.17) is 33.8 Å². The number of carboxylic acids is 2. The molecule has 0 spiro atoms. The molecular weight excluding hydrogens is 1400 g/mol. The number of nitrogens with one attached hydrogen (secondary N) is 12. The highest BCUT2D eigenvalue weighted by atomic mass is 16.4. The van der Waals surface area contributed by atoms with Gasteiger partial charge in [-0.05, 0) is 89.0 Å². The first-order valence-electron chi connectivity index (χ1n) is 34.4. The predicted molar refractivity (Wildman–Crippen MR) is 373 cm³/mol. The smallest absolute Gasteiger partial charge is 0.328 e. The van der Waals surface area contributed by atoms with E-state index < -0.39 is 237 Å². The number of aliphatic hydroxyl groups excluding tert-OH is 1. The fourth-order valence-corrected chi connectivity index (χ4v) is 11.0. The highest BCUT2D eigenvalue weighted by Gasteiger charge is 2.43. The molecule has 0 aliphatic carbocycles. The van der Waals surface area contributed by atoms with Crippen LogP contribution in [0, 0.1) is 11.8 Å². The number of carbonyl (C=O) groups is 18. The fraction of sp³-hybridized carbons (Fsp3) is 0.615. The number of likely N-dealkylation sites (tertiary alicyclic amines) is 2. The molecular formula is C65H102N20O21. The van der Waals surface area contributed by atoms with Crippen molar-refractivity contribution in [3.8, 4) is 0 Å². The van der Waals surface area contributed by atoms with Crippen LogP contribution in [0.15, 0.2) is 35.3 Å².